The Morgan fingerprint density at radius 2 is 2.18 bits per heavy atom. The minimum absolute atomic E-state index is 0.254. The van der Waals surface area contributed by atoms with E-state index in [0.29, 0.717) is 11.7 Å². The fourth-order valence-electron chi connectivity index (χ4n) is 2.70. The third kappa shape index (κ3) is 1.77. The largest absolute Gasteiger partial charge is 0.384 e. The molecule has 0 spiro atoms. The Morgan fingerprint density at radius 3 is 2.88 bits per heavy atom. The lowest BCUT2D eigenvalue weighted by atomic mass is 10.0. The monoisotopic (exact) mass is 231 g/mol. The molecule has 17 heavy (non-hydrogen) atoms. The van der Waals surface area contributed by atoms with Crippen molar-refractivity contribution in [2.24, 2.45) is 11.8 Å². The average molecular weight is 231 g/mol. The maximum absolute atomic E-state index is 12.3. The SMILES string of the molecule is Cc1cnc(N)cc1N1CC[C@@H](C2CC2)C1=O. The first-order chi connectivity index (χ1) is 8.16. The second-order valence-corrected chi connectivity index (χ2v) is 5.12. The van der Waals surface area contributed by atoms with Gasteiger partial charge in [0, 0.05) is 24.7 Å². The summed E-state index contributed by atoms with van der Waals surface area (Å²) < 4.78 is 0. The van der Waals surface area contributed by atoms with Crippen LogP contribution in [-0.4, -0.2) is 17.4 Å². The Hall–Kier alpha value is -1.58. The van der Waals surface area contributed by atoms with Crippen molar-refractivity contribution in [1.29, 1.82) is 0 Å². The van der Waals surface area contributed by atoms with Gasteiger partial charge in [0.25, 0.3) is 0 Å². The van der Waals surface area contributed by atoms with Gasteiger partial charge in [-0.2, -0.15) is 0 Å². The van der Waals surface area contributed by atoms with Gasteiger partial charge in [0.05, 0.1) is 5.69 Å². The number of aromatic nitrogens is 1. The summed E-state index contributed by atoms with van der Waals surface area (Å²) in [5, 5.41) is 0. The van der Waals surface area contributed by atoms with Crippen molar-refractivity contribution >= 4 is 17.4 Å². The number of nitrogen functional groups attached to an aromatic ring is 1. The molecule has 1 saturated heterocycles. The lowest BCUT2D eigenvalue weighted by Gasteiger charge is -2.19. The van der Waals surface area contributed by atoms with Crippen LogP contribution in [0.4, 0.5) is 11.5 Å². The normalized spacial score (nSPS) is 24.4. The van der Waals surface area contributed by atoms with Crippen LogP contribution in [-0.2, 0) is 4.79 Å². The Labute approximate surface area is 101 Å². The molecule has 1 aromatic rings. The first-order valence-electron chi connectivity index (χ1n) is 6.20. The van der Waals surface area contributed by atoms with Crippen LogP contribution in [0.2, 0.25) is 0 Å². The van der Waals surface area contributed by atoms with Crippen LogP contribution in [0.25, 0.3) is 0 Å². The number of carbonyl (C=O) groups is 1. The van der Waals surface area contributed by atoms with Crippen molar-refractivity contribution in [2.45, 2.75) is 26.2 Å². The fourth-order valence-corrected chi connectivity index (χ4v) is 2.70. The molecule has 1 saturated carbocycles. The van der Waals surface area contributed by atoms with Gasteiger partial charge in [-0.1, -0.05) is 0 Å². The Bertz CT molecular complexity index is 468. The molecule has 4 nitrogen and oxygen atoms in total. The number of anilines is 2. The van der Waals surface area contributed by atoms with Gasteiger partial charge >= 0.3 is 0 Å². The molecule has 0 aromatic carbocycles. The molecule has 1 aromatic heterocycles. The van der Waals surface area contributed by atoms with Gasteiger partial charge in [-0.15, -0.1) is 0 Å². The molecular formula is C13H17N3O. The lowest BCUT2D eigenvalue weighted by Crippen LogP contribution is -2.28. The van der Waals surface area contributed by atoms with E-state index in [1.54, 1.807) is 6.20 Å². The number of hydrogen-bond donors (Lipinski definition) is 1. The van der Waals surface area contributed by atoms with Crippen LogP contribution in [0, 0.1) is 18.8 Å². The van der Waals surface area contributed by atoms with Gasteiger partial charge in [0.1, 0.15) is 5.82 Å². The second kappa shape index (κ2) is 3.72. The van der Waals surface area contributed by atoms with E-state index in [0.717, 1.165) is 24.2 Å². The third-order valence-corrected chi connectivity index (χ3v) is 3.82. The summed E-state index contributed by atoms with van der Waals surface area (Å²) in [6.07, 6.45) is 5.18. The highest BCUT2D eigenvalue weighted by Gasteiger charge is 2.42. The lowest BCUT2D eigenvalue weighted by molar-refractivity contribution is -0.120. The first-order valence-corrected chi connectivity index (χ1v) is 6.20. The summed E-state index contributed by atoms with van der Waals surface area (Å²) in [5.74, 6) is 1.66. The van der Waals surface area contributed by atoms with E-state index >= 15 is 0 Å². The summed E-state index contributed by atoms with van der Waals surface area (Å²) in [6.45, 7) is 2.80. The molecule has 90 valence electrons. The highest BCUT2D eigenvalue weighted by molar-refractivity contribution is 5.98. The Balaban J connectivity index is 1.89. The van der Waals surface area contributed by atoms with Crippen molar-refractivity contribution in [3.63, 3.8) is 0 Å². The zero-order valence-corrected chi connectivity index (χ0v) is 10.0. The predicted octanol–water partition coefficient (Wildman–Crippen LogP) is 1.74. The van der Waals surface area contributed by atoms with Crippen LogP contribution < -0.4 is 10.6 Å². The van der Waals surface area contributed by atoms with Gasteiger partial charge < -0.3 is 10.6 Å². The number of rotatable bonds is 2. The van der Waals surface area contributed by atoms with E-state index in [1.807, 2.05) is 17.9 Å². The van der Waals surface area contributed by atoms with Crippen molar-refractivity contribution in [3.8, 4) is 0 Å². The summed E-state index contributed by atoms with van der Waals surface area (Å²) >= 11 is 0. The molecule has 0 bridgehead atoms. The molecule has 2 N–H and O–H groups in total. The van der Waals surface area contributed by atoms with E-state index in [4.69, 9.17) is 5.73 Å². The van der Waals surface area contributed by atoms with Crippen molar-refractivity contribution in [1.82, 2.24) is 4.98 Å². The van der Waals surface area contributed by atoms with Crippen molar-refractivity contribution < 1.29 is 4.79 Å². The molecule has 0 unspecified atom stereocenters. The van der Waals surface area contributed by atoms with Crippen molar-refractivity contribution in [3.05, 3.63) is 17.8 Å². The molecule has 2 aliphatic rings. The molecule has 4 heteroatoms. The van der Waals surface area contributed by atoms with Gasteiger partial charge in [-0.25, -0.2) is 4.98 Å². The molecule has 1 amide bonds. The summed E-state index contributed by atoms with van der Waals surface area (Å²) in [6, 6.07) is 1.81. The van der Waals surface area contributed by atoms with Crippen LogP contribution in [0.3, 0.4) is 0 Å². The maximum Gasteiger partial charge on any atom is 0.230 e. The fraction of sp³-hybridized carbons (Fsp3) is 0.538. The number of hydrogen-bond acceptors (Lipinski definition) is 3. The second-order valence-electron chi connectivity index (χ2n) is 5.12. The number of nitrogens with zero attached hydrogens (tertiary/aromatic N) is 2. The highest BCUT2D eigenvalue weighted by atomic mass is 16.2. The average Bonchev–Trinajstić information content (AvgIpc) is 3.07. The molecule has 2 fully saturated rings. The molecular weight excluding hydrogens is 214 g/mol. The minimum Gasteiger partial charge on any atom is -0.384 e. The number of nitrogens with two attached hydrogens (primary N) is 1. The maximum atomic E-state index is 12.3. The quantitative estimate of drug-likeness (QED) is 0.843. The molecule has 3 rings (SSSR count). The summed E-state index contributed by atoms with van der Waals surface area (Å²) in [4.78, 5) is 18.2. The van der Waals surface area contributed by atoms with Crippen LogP contribution in [0.5, 0.6) is 0 Å². The van der Waals surface area contributed by atoms with Crippen LogP contribution in [0.1, 0.15) is 24.8 Å². The first kappa shape index (κ1) is 10.6. The molecule has 1 atom stereocenters. The highest BCUT2D eigenvalue weighted by Crippen LogP contribution is 2.43. The number of pyridine rings is 1. The Morgan fingerprint density at radius 1 is 1.41 bits per heavy atom. The smallest absolute Gasteiger partial charge is 0.230 e. The van der Waals surface area contributed by atoms with E-state index in [2.05, 4.69) is 4.98 Å². The van der Waals surface area contributed by atoms with Crippen LogP contribution in [0.15, 0.2) is 12.3 Å². The zero-order valence-electron chi connectivity index (χ0n) is 10.0. The number of aryl methyl sites for hydroxylation is 1. The minimum atomic E-state index is 0.254. The Kier molecular flexibility index (Phi) is 2.31. The zero-order chi connectivity index (χ0) is 12.0. The van der Waals surface area contributed by atoms with Gasteiger partial charge in [0.2, 0.25) is 5.91 Å². The number of amides is 1. The third-order valence-electron chi connectivity index (χ3n) is 3.82. The summed E-state index contributed by atoms with van der Waals surface area (Å²) in [7, 11) is 0. The van der Waals surface area contributed by atoms with E-state index in [9.17, 15) is 4.79 Å². The molecule has 2 heterocycles. The molecule has 1 aliphatic carbocycles. The standard InChI is InChI=1S/C13H17N3O/c1-8-7-15-12(14)6-11(8)16-5-4-10(13(16)17)9-2-3-9/h6-7,9-10H,2-5H2,1H3,(H2,14,15)/t10-/m0/s1. The summed E-state index contributed by atoms with van der Waals surface area (Å²) in [5.41, 5.74) is 7.65. The van der Waals surface area contributed by atoms with Crippen LogP contribution >= 0.6 is 0 Å². The molecule has 0 radical (unpaired) electrons. The van der Waals surface area contributed by atoms with Gasteiger partial charge in [-0.3, -0.25) is 4.79 Å². The van der Waals surface area contributed by atoms with Gasteiger partial charge in [0.15, 0.2) is 0 Å². The topological polar surface area (TPSA) is 59.2 Å². The van der Waals surface area contributed by atoms with Gasteiger partial charge in [-0.05, 0) is 37.7 Å². The number of carbonyl (C=O) groups excluding carboxylic acids is 1. The molecule has 1 aliphatic heterocycles. The van der Waals surface area contributed by atoms with Crippen molar-refractivity contribution in [2.75, 3.05) is 17.2 Å². The van der Waals surface area contributed by atoms with E-state index in [-0.39, 0.29) is 11.8 Å². The van der Waals surface area contributed by atoms with E-state index < -0.39 is 0 Å². The van der Waals surface area contributed by atoms with E-state index in [1.165, 1.54) is 12.8 Å². The predicted molar refractivity (Wildman–Crippen MR) is 66.6 cm³/mol.